The number of ether oxygens (including phenoxy) is 1. The van der Waals surface area contributed by atoms with Gasteiger partial charge in [0.25, 0.3) is 0 Å². The van der Waals surface area contributed by atoms with E-state index in [-0.39, 0.29) is 5.03 Å². The fourth-order valence-electron chi connectivity index (χ4n) is 2.05. The number of halogens is 1. The van der Waals surface area contributed by atoms with Crippen molar-refractivity contribution >= 4 is 17.6 Å². The molecule has 0 aliphatic heterocycles. The summed E-state index contributed by atoms with van der Waals surface area (Å²) >= 11 is 5.75. The standard InChI is InChI=1S/C12H17ClO5/c1-3-5-11(2)6-4-8(13)10(16)12(11,17)18-7-9(14)15/h4,6,16-17H,3,5,7H2,1-2H3,(H,14,15). The van der Waals surface area contributed by atoms with Gasteiger partial charge in [-0.05, 0) is 12.5 Å². The van der Waals surface area contributed by atoms with Crippen molar-refractivity contribution in [2.45, 2.75) is 32.5 Å². The Morgan fingerprint density at radius 1 is 1.56 bits per heavy atom. The molecule has 1 aliphatic rings. The van der Waals surface area contributed by atoms with E-state index in [1.165, 1.54) is 6.08 Å². The molecule has 18 heavy (non-hydrogen) atoms. The molecule has 0 amide bonds. The van der Waals surface area contributed by atoms with E-state index in [4.69, 9.17) is 21.4 Å². The van der Waals surface area contributed by atoms with Crippen molar-refractivity contribution in [1.82, 2.24) is 0 Å². The first-order chi connectivity index (χ1) is 8.27. The number of allylic oxidation sites excluding steroid dienone is 2. The van der Waals surface area contributed by atoms with Crippen molar-refractivity contribution < 1.29 is 24.9 Å². The van der Waals surface area contributed by atoms with Gasteiger partial charge in [0.2, 0.25) is 5.79 Å². The highest BCUT2D eigenvalue weighted by molar-refractivity contribution is 6.31. The quantitative estimate of drug-likeness (QED) is 0.670. The lowest BCUT2D eigenvalue weighted by molar-refractivity contribution is -0.250. The minimum absolute atomic E-state index is 0.0588. The van der Waals surface area contributed by atoms with Gasteiger partial charge in [-0.3, -0.25) is 0 Å². The number of hydrogen-bond acceptors (Lipinski definition) is 4. The molecule has 0 radical (unpaired) electrons. The highest BCUT2D eigenvalue weighted by atomic mass is 35.5. The molecule has 0 heterocycles. The van der Waals surface area contributed by atoms with E-state index in [1.807, 2.05) is 6.92 Å². The zero-order valence-electron chi connectivity index (χ0n) is 10.3. The Hall–Kier alpha value is -1.04. The lowest BCUT2D eigenvalue weighted by Crippen LogP contribution is -2.51. The van der Waals surface area contributed by atoms with Crippen LogP contribution in [0.15, 0.2) is 22.9 Å². The molecule has 1 aliphatic carbocycles. The Labute approximate surface area is 110 Å². The number of rotatable bonds is 5. The Morgan fingerprint density at radius 3 is 2.67 bits per heavy atom. The number of hydrogen-bond donors (Lipinski definition) is 3. The highest BCUT2D eigenvalue weighted by Gasteiger charge is 2.52. The summed E-state index contributed by atoms with van der Waals surface area (Å²) in [6, 6.07) is 0. The summed E-state index contributed by atoms with van der Waals surface area (Å²) in [6.45, 7) is 2.86. The van der Waals surface area contributed by atoms with Crippen molar-refractivity contribution in [2.75, 3.05) is 6.61 Å². The second-order valence-electron chi connectivity index (χ2n) is 4.52. The zero-order chi connectivity index (χ0) is 14.0. The van der Waals surface area contributed by atoms with Crippen LogP contribution >= 0.6 is 11.6 Å². The van der Waals surface area contributed by atoms with Crippen LogP contribution in [-0.2, 0) is 9.53 Å². The normalized spacial score (nSPS) is 31.8. The van der Waals surface area contributed by atoms with Gasteiger partial charge in [-0.15, -0.1) is 0 Å². The molecule has 0 fully saturated rings. The maximum Gasteiger partial charge on any atom is 0.329 e. The largest absolute Gasteiger partial charge is 0.506 e. The SMILES string of the molecule is CCCC1(C)C=CC(Cl)=C(O)C1(O)OCC(=O)O. The van der Waals surface area contributed by atoms with Gasteiger partial charge in [-0.25, -0.2) is 4.79 Å². The number of carboxylic acid groups (broad SMARTS) is 1. The first-order valence-electron chi connectivity index (χ1n) is 5.63. The number of aliphatic hydroxyl groups excluding tert-OH is 1. The minimum atomic E-state index is -2.12. The van der Waals surface area contributed by atoms with E-state index in [0.717, 1.165) is 6.42 Å². The maximum absolute atomic E-state index is 10.6. The molecule has 3 N–H and O–H groups in total. The molecule has 2 unspecified atom stereocenters. The van der Waals surface area contributed by atoms with Crippen LogP contribution in [0.4, 0.5) is 0 Å². The second-order valence-corrected chi connectivity index (χ2v) is 4.93. The molecule has 102 valence electrons. The summed E-state index contributed by atoms with van der Waals surface area (Å²) in [4.78, 5) is 10.6. The second kappa shape index (κ2) is 5.30. The highest BCUT2D eigenvalue weighted by Crippen LogP contribution is 2.46. The van der Waals surface area contributed by atoms with Crippen LogP contribution in [0.3, 0.4) is 0 Å². The molecule has 0 bridgehead atoms. The summed E-state index contributed by atoms with van der Waals surface area (Å²) in [5.41, 5.74) is -0.931. The molecular formula is C12H17ClO5. The monoisotopic (exact) mass is 276 g/mol. The van der Waals surface area contributed by atoms with Crippen molar-refractivity contribution in [1.29, 1.82) is 0 Å². The molecule has 5 nitrogen and oxygen atoms in total. The van der Waals surface area contributed by atoms with Gasteiger partial charge in [0.15, 0.2) is 5.76 Å². The summed E-state index contributed by atoms with van der Waals surface area (Å²) in [6.07, 6.45) is 4.34. The van der Waals surface area contributed by atoms with Gasteiger partial charge >= 0.3 is 5.97 Å². The Kier molecular flexibility index (Phi) is 4.42. The number of carbonyl (C=O) groups is 1. The predicted molar refractivity (Wildman–Crippen MR) is 66.2 cm³/mol. The lowest BCUT2D eigenvalue weighted by Gasteiger charge is -2.43. The van der Waals surface area contributed by atoms with Gasteiger partial charge < -0.3 is 20.1 Å². The third-order valence-corrected chi connectivity index (χ3v) is 3.40. The average Bonchev–Trinajstić information content (AvgIpc) is 2.30. The van der Waals surface area contributed by atoms with E-state index < -0.39 is 29.5 Å². The van der Waals surface area contributed by atoms with E-state index in [0.29, 0.717) is 6.42 Å². The van der Waals surface area contributed by atoms with Crippen LogP contribution in [-0.4, -0.2) is 33.7 Å². The van der Waals surface area contributed by atoms with E-state index in [9.17, 15) is 15.0 Å². The summed E-state index contributed by atoms with van der Waals surface area (Å²) in [7, 11) is 0. The number of aliphatic hydroxyl groups is 2. The smallest absolute Gasteiger partial charge is 0.329 e. The molecule has 1 rings (SSSR count). The summed E-state index contributed by atoms with van der Waals surface area (Å²) in [5.74, 6) is -3.91. The molecule has 0 spiro atoms. The van der Waals surface area contributed by atoms with Gasteiger partial charge in [0, 0.05) is 5.41 Å². The van der Waals surface area contributed by atoms with Crippen molar-refractivity contribution in [3.8, 4) is 0 Å². The van der Waals surface area contributed by atoms with Gasteiger partial charge in [0.1, 0.15) is 6.61 Å². The third-order valence-electron chi connectivity index (χ3n) is 3.09. The maximum atomic E-state index is 10.6. The van der Waals surface area contributed by atoms with Crippen LogP contribution in [0.1, 0.15) is 26.7 Å². The fourth-order valence-corrected chi connectivity index (χ4v) is 2.24. The van der Waals surface area contributed by atoms with Crippen LogP contribution in [0, 0.1) is 5.41 Å². The zero-order valence-corrected chi connectivity index (χ0v) is 11.1. The van der Waals surface area contributed by atoms with E-state index in [2.05, 4.69) is 0 Å². The van der Waals surface area contributed by atoms with E-state index in [1.54, 1.807) is 13.0 Å². The van der Waals surface area contributed by atoms with Crippen LogP contribution in [0.25, 0.3) is 0 Å². The van der Waals surface area contributed by atoms with Crippen LogP contribution < -0.4 is 0 Å². The molecular weight excluding hydrogens is 260 g/mol. The molecule has 0 aromatic carbocycles. The van der Waals surface area contributed by atoms with Gasteiger partial charge in [-0.2, -0.15) is 0 Å². The van der Waals surface area contributed by atoms with Gasteiger partial charge in [0.05, 0.1) is 5.03 Å². The fraction of sp³-hybridized carbons (Fsp3) is 0.583. The average molecular weight is 277 g/mol. The van der Waals surface area contributed by atoms with Crippen molar-refractivity contribution in [3.63, 3.8) is 0 Å². The predicted octanol–water partition coefficient (Wildman–Crippen LogP) is 2.16. The van der Waals surface area contributed by atoms with Gasteiger partial charge in [-0.1, -0.05) is 37.9 Å². The molecule has 2 atom stereocenters. The molecule has 6 heteroatoms. The molecule has 0 saturated carbocycles. The van der Waals surface area contributed by atoms with Crippen molar-refractivity contribution in [2.24, 2.45) is 5.41 Å². The first-order valence-corrected chi connectivity index (χ1v) is 6.01. The first kappa shape index (κ1) is 15.0. The Morgan fingerprint density at radius 2 is 2.17 bits per heavy atom. The minimum Gasteiger partial charge on any atom is -0.506 e. The van der Waals surface area contributed by atoms with Crippen LogP contribution in [0.2, 0.25) is 0 Å². The van der Waals surface area contributed by atoms with Crippen LogP contribution in [0.5, 0.6) is 0 Å². The summed E-state index contributed by atoms with van der Waals surface area (Å²) < 4.78 is 5.00. The number of aliphatic carboxylic acids is 1. The van der Waals surface area contributed by atoms with E-state index >= 15 is 0 Å². The Bertz CT molecular complexity index is 403. The number of carboxylic acids is 1. The molecule has 0 aromatic heterocycles. The van der Waals surface area contributed by atoms with Crippen molar-refractivity contribution in [3.05, 3.63) is 22.9 Å². The topological polar surface area (TPSA) is 87.0 Å². The lowest BCUT2D eigenvalue weighted by atomic mass is 9.73. The summed E-state index contributed by atoms with van der Waals surface area (Å²) in [5, 5.41) is 28.9. The molecule has 0 saturated heterocycles. The molecule has 0 aromatic rings. The Balaban J connectivity index is 3.12. The third kappa shape index (κ3) is 2.53.